The SMILES string of the molecule is O=P([O-])([O-])[O-].O=P([O-])([O-])[O-].[KH].[KH].[KH].[Mg+2].[Mg+2].[Mg+2]. The number of hydrogen-bond donors (Lipinski definition) is 0. The molecular weight excluding hydrogens is 380 g/mol. The van der Waals surface area contributed by atoms with Gasteiger partial charge in [-0.1, -0.05) is 0 Å². The molecular formula is H3K3Mg3O8P2. The molecule has 0 rings (SSSR count). The summed E-state index contributed by atoms with van der Waals surface area (Å²) in [6.07, 6.45) is 0. The molecule has 0 atom stereocenters. The first-order chi connectivity index (χ1) is 4.00. The average molecular weight is 383 g/mol. The molecule has 0 aromatic carbocycles. The zero-order valence-corrected chi connectivity index (χ0v) is 12.3. The summed E-state index contributed by atoms with van der Waals surface area (Å²) in [5.74, 6) is 0. The molecule has 16 heteroatoms. The van der Waals surface area contributed by atoms with Gasteiger partial charge in [-0.2, -0.15) is 15.6 Å². The van der Waals surface area contributed by atoms with Crippen molar-refractivity contribution in [2.75, 3.05) is 0 Å². The Balaban J connectivity index is -0.00000000970. The zero-order chi connectivity index (χ0) is 9.00. The second-order valence-corrected chi connectivity index (χ2v) is 2.68. The van der Waals surface area contributed by atoms with Gasteiger partial charge in [0.05, 0.1) is 0 Å². The number of hydrogen-bond acceptors (Lipinski definition) is 8. The molecule has 0 aliphatic carbocycles. The molecule has 0 N–H and O–H groups in total. The minimum atomic E-state index is -5.39. The van der Waals surface area contributed by atoms with E-state index < -0.39 is 15.6 Å². The van der Waals surface area contributed by atoms with Gasteiger partial charge in [0.1, 0.15) is 0 Å². The Bertz CT molecular complexity index is 141. The van der Waals surface area contributed by atoms with Crippen LogP contribution in [0, 0.1) is 0 Å². The standard InChI is InChI=1S/3K.3Mg.2H3O4P.3H/c;;;;;;2*1-5(2,3)4;;;/h;;;;;;2*(H3,1,2,3,4);;;/q;;;3*+2;;;;;/p-6. The molecule has 0 heterocycles. The molecule has 0 radical (unpaired) electrons. The Morgan fingerprint density at radius 3 is 0.500 bits per heavy atom. The summed E-state index contributed by atoms with van der Waals surface area (Å²) in [4.78, 5) is 51.3. The van der Waals surface area contributed by atoms with Gasteiger partial charge < -0.3 is 38.5 Å². The molecule has 0 unspecified atom stereocenters. The molecule has 8 nitrogen and oxygen atoms in total. The predicted octanol–water partition coefficient (Wildman–Crippen LogP) is -8.74. The van der Waals surface area contributed by atoms with E-state index in [9.17, 15) is 0 Å². The summed E-state index contributed by atoms with van der Waals surface area (Å²) < 4.78 is 17.1. The molecule has 0 aromatic rings. The fraction of sp³-hybridized carbons (Fsp3) is 0. The third kappa shape index (κ3) is 162. The zero-order valence-electron chi connectivity index (χ0n) is 6.28. The van der Waals surface area contributed by atoms with Crippen molar-refractivity contribution in [3.8, 4) is 0 Å². The third-order valence-corrected chi connectivity index (χ3v) is 0. The second kappa shape index (κ2) is 27.3. The van der Waals surface area contributed by atoms with Gasteiger partial charge in [0, 0.05) is 0 Å². The Morgan fingerprint density at radius 2 is 0.500 bits per heavy atom. The van der Waals surface area contributed by atoms with E-state index >= 15 is 0 Å². The first-order valence-corrected chi connectivity index (χ1v) is 4.38. The maximum atomic E-state index is 8.55. The fourth-order valence-corrected chi connectivity index (χ4v) is 0. The van der Waals surface area contributed by atoms with E-state index in [-0.39, 0.29) is 223 Å². The van der Waals surface area contributed by atoms with E-state index in [0.29, 0.717) is 0 Å². The number of phosphoric acid groups is 2. The molecule has 0 aliphatic heterocycles. The van der Waals surface area contributed by atoms with Crippen LogP contribution in [0.3, 0.4) is 0 Å². The van der Waals surface area contributed by atoms with Crippen LogP contribution in [0.4, 0.5) is 0 Å². The molecule has 70 valence electrons. The molecule has 0 aliphatic rings. The Labute approximate surface area is 269 Å². The maximum Gasteiger partial charge on any atom is 2.00 e. The predicted molar refractivity (Wildman–Crippen MR) is 53.9 cm³/mol. The first kappa shape index (κ1) is 49.5. The monoisotopic (exact) mass is 382 g/mol. The van der Waals surface area contributed by atoms with Gasteiger partial charge in [-0.15, -0.1) is 0 Å². The molecule has 0 spiro atoms. The van der Waals surface area contributed by atoms with Crippen LogP contribution in [-0.4, -0.2) is 223 Å². The smallest absolute Gasteiger partial charge is 2.00 e. The summed E-state index contributed by atoms with van der Waals surface area (Å²) in [7, 11) is -10.8. The largest absolute Gasteiger partial charge is 2.00 e. The van der Waals surface area contributed by atoms with Crippen molar-refractivity contribution in [3.05, 3.63) is 0 Å². The van der Waals surface area contributed by atoms with Gasteiger partial charge in [-0.05, 0) is 0 Å². The van der Waals surface area contributed by atoms with Gasteiger partial charge in [0.2, 0.25) is 0 Å². The molecule has 0 aromatic heterocycles. The summed E-state index contributed by atoms with van der Waals surface area (Å²) in [6.45, 7) is 0. The van der Waals surface area contributed by atoms with E-state index in [2.05, 4.69) is 0 Å². The molecule has 0 fully saturated rings. The minimum Gasteiger partial charge on any atom is 2.00 e. The average Bonchev–Trinajstić information content (AvgIpc) is 1.12. The molecule has 0 saturated carbocycles. The second-order valence-electron chi connectivity index (χ2n) is 0.894. The molecule has 16 heavy (non-hydrogen) atoms. The van der Waals surface area contributed by atoms with Gasteiger partial charge in [0.15, 0.2) is 0 Å². The first-order valence-electron chi connectivity index (χ1n) is 1.46. The van der Waals surface area contributed by atoms with Gasteiger partial charge in [0.25, 0.3) is 0 Å². The Kier molecular flexibility index (Phi) is 84.4. The van der Waals surface area contributed by atoms with Gasteiger partial charge >= 0.3 is 223 Å². The van der Waals surface area contributed by atoms with E-state index in [1.165, 1.54) is 0 Å². The van der Waals surface area contributed by atoms with Crippen LogP contribution in [0.2, 0.25) is 0 Å². The van der Waals surface area contributed by atoms with Crippen molar-refractivity contribution < 1.29 is 38.5 Å². The topological polar surface area (TPSA) is 172 Å². The molecule has 0 amide bonds. The van der Waals surface area contributed by atoms with Crippen molar-refractivity contribution in [2.24, 2.45) is 0 Å². The van der Waals surface area contributed by atoms with E-state index in [1.807, 2.05) is 0 Å². The molecule has 0 bridgehead atoms. The van der Waals surface area contributed by atoms with Crippen LogP contribution in [-0.2, 0) is 9.13 Å². The van der Waals surface area contributed by atoms with E-state index in [4.69, 9.17) is 38.5 Å². The number of rotatable bonds is 0. The minimum absolute atomic E-state index is 0. The van der Waals surface area contributed by atoms with Crippen LogP contribution in [0.1, 0.15) is 0 Å². The van der Waals surface area contributed by atoms with Crippen molar-refractivity contribution in [1.29, 1.82) is 0 Å². The maximum absolute atomic E-state index is 8.55. The van der Waals surface area contributed by atoms with Crippen LogP contribution in [0.5, 0.6) is 0 Å². The van der Waals surface area contributed by atoms with Gasteiger partial charge in [-0.25, -0.2) is 0 Å². The summed E-state index contributed by atoms with van der Waals surface area (Å²) in [6, 6.07) is 0. The van der Waals surface area contributed by atoms with E-state index in [0.717, 1.165) is 0 Å². The van der Waals surface area contributed by atoms with Crippen molar-refractivity contribution >= 4 is 239 Å². The van der Waals surface area contributed by atoms with Crippen LogP contribution in [0.25, 0.3) is 0 Å². The van der Waals surface area contributed by atoms with Crippen molar-refractivity contribution in [3.63, 3.8) is 0 Å². The Morgan fingerprint density at radius 1 is 0.500 bits per heavy atom. The third-order valence-electron chi connectivity index (χ3n) is 0. The summed E-state index contributed by atoms with van der Waals surface area (Å²) in [5.41, 5.74) is 0. The van der Waals surface area contributed by atoms with Crippen LogP contribution >= 0.6 is 15.6 Å². The van der Waals surface area contributed by atoms with Gasteiger partial charge in [-0.3, -0.25) is 0 Å². The summed E-state index contributed by atoms with van der Waals surface area (Å²) >= 11 is 0. The quantitative estimate of drug-likeness (QED) is 0.293. The van der Waals surface area contributed by atoms with Crippen molar-refractivity contribution in [1.82, 2.24) is 0 Å². The Hall–Kier alpha value is 7.43. The van der Waals surface area contributed by atoms with Crippen LogP contribution in [0.15, 0.2) is 0 Å². The molecule has 0 saturated heterocycles. The van der Waals surface area contributed by atoms with Crippen LogP contribution < -0.4 is 29.4 Å². The normalized spacial score (nSPS) is 7.38. The summed E-state index contributed by atoms with van der Waals surface area (Å²) in [5, 5.41) is 0. The van der Waals surface area contributed by atoms with Crippen molar-refractivity contribution in [2.45, 2.75) is 0 Å². The fourth-order valence-electron chi connectivity index (χ4n) is 0. The van der Waals surface area contributed by atoms with E-state index in [1.54, 1.807) is 0 Å².